The van der Waals surface area contributed by atoms with Gasteiger partial charge in [0.1, 0.15) is 11.5 Å². The SMILES string of the molecule is COc1ccc(CC(Cl)c2cccc(OC(F)F)c2)cc1. The van der Waals surface area contributed by atoms with Gasteiger partial charge in [0.15, 0.2) is 0 Å². The van der Waals surface area contributed by atoms with Gasteiger partial charge in [-0.05, 0) is 41.8 Å². The fraction of sp³-hybridized carbons (Fsp3) is 0.250. The Bertz CT molecular complexity index is 573. The summed E-state index contributed by atoms with van der Waals surface area (Å²) in [6.45, 7) is -2.84. The summed E-state index contributed by atoms with van der Waals surface area (Å²) in [6.07, 6.45) is 0.587. The number of methoxy groups -OCH3 is 1. The van der Waals surface area contributed by atoms with E-state index >= 15 is 0 Å². The lowest BCUT2D eigenvalue weighted by molar-refractivity contribution is -0.0498. The summed E-state index contributed by atoms with van der Waals surface area (Å²) in [4.78, 5) is 0. The Morgan fingerprint density at radius 3 is 2.38 bits per heavy atom. The van der Waals surface area contributed by atoms with Crippen molar-refractivity contribution in [3.05, 3.63) is 59.7 Å². The lowest BCUT2D eigenvalue weighted by atomic mass is 10.0. The molecule has 0 bridgehead atoms. The smallest absolute Gasteiger partial charge is 0.387 e. The lowest BCUT2D eigenvalue weighted by Gasteiger charge is -2.12. The van der Waals surface area contributed by atoms with Crippen LogP contribution in [0.1, 0.15) is 16.5 Å². The molecule has 2 aromatic carbocycles. The zero-order chi connectivity index (χ0) is 15.2. The van der Waals surface area contributed by atoms with Crippen LogP contribution in [0.2, 0.25) is 0 Å². The number of halogens is 3. The van der Waals surface area contributed by atoms with Gasteiger partial charge in [-0.2, -0.15) is 8.78 Å². The summed E-state index contributed by atoms with van der Waals surface area (Å²) in [7, 11) is 1.61. The zero-order valence-corrected chi connectivity index (χ0v) is 12.2. The number of rotatable bonds is 6. The number of hydrogen-bond donors (Lipinski definition) is 0. The van der Waals surface area contributed by atoms with Crippen LogP contribution >= 0.6 is 11.6 Å². The standard InChI is InChI=1S/C16H15ClF2O2/c1-20-13-7-5-11(6-8-13)9-15(17)12-3-2-4-14(10-12)21-16(18)19/h2-8,10,15-16H,9H2,1H3. The second-order valence-electron chi connectivity index (χ2n) is 4.47. The molecule has 2 nitrogen and oxygen atoms in total. The summed E-state index contributed by atoms with van der Waals surface area (Å²) >= 11 is 6.35. The number of benzene rings is 2. The van der Waals surface area contributed by atoms with E-state index in [1.165, 1.54) is 12.1 Å². The molecule has 0 saturated heterocycles. The molecule has 0 saturated carbocycles. The molecule has 0 spiro atoms. The lowest BCUT2D eigenvalue weighted by Crippen LogP contribution is -2.03. The van der Waals surface area contributed by atoms with E-state index in [0.29, 0.717) is 6.42 Å². The average Bonchev–Trinajstić information content (AvgIpc) is 2.47. The predicted octanol–water partition coefficient (Wildman–Crippen LogP) is 4.82. The summed E-state index contributed by atoms with van der Waals surface area (Å²) in [5, 5.41) is -0.320. The maximum absolute atomic E-state index is 12.2. The van der Waals surface area contributed by atoms with E-state index in [-0.39, 0.29) is 11.1 Å². The van der Waals surface area contributed by atoms with Gasteiger partial charge in [0.05, 0.1) is 12.5 Å². The van der Waals surface area contributed by atoms with E-state index in [9.17, 15) is 8.78 Å². The molecular weight excluding hydrogens is 298 g/mol. The van der Waals surface area contributed by atoms with Crippen LogP contribution in [-0.4, -0.2) is 13.7 Å². The topological polar surface area (TPSA) is 18.5 Å². The van der Waals surface area contributed by atoms with Gasteiger partial charge in [0, 0.05) is 0 Å². The van der Waals surface area contributed by atoms with Crippen molar-refractivity contribution in [1.29, 1.82) is 0 Å². The van der Waals surface area contributed by atoms with Crippen LogP contribution in [0.25, 0.3) is 0 Å². The molecule has 0 aliphatic carbocycles. The Balaban J connectivity index is 2.06. The fourth-order valence-corrected chi connectivity index (χ4v) is 2.29. The molecule has 0 radical (unpaired) electrons. The van der Waals surface area contributed by atoms with Gasteiger partial charge in [-0.3, -0.25) is 0 Å². The van der Waals surface area contributed by atoms with Gasteiger partial charge in [-0.15, -0.1) is 11.6 Å². The van der Waals surface area contributed by atoms with Crippen LogP contribution in [0, 0.1) is 0 Å². The Morgan fingerprint density at radius 2 is 1.76 bits per heavy atom. The van der Waals surface area contributed by atoms with Crippen molar-refractivity contribution in [2.45, 2.75) is 18.4 Å². The summed E-state index contributed by atoms with van der Waals surface area (Å²) in [6, 6.07) is 14.0. The minimum atomic E-state index is -2.84. The first-order valence-electron chi connectivity index (χ1n) is 6.40. The quantitative estimate of drug-likeness (QED) is 0.712. The number of alkyl halides is 3. The van der Waals surface area contributed by atoms with Crippen molar-refractivity contribution in [3.8, 4) is 11.5 Å². The van der Waals surface area contributed by atoms with Gasteiger partial charge in [0.2, 0.25) is 0 Å². The van der Waals surface area contributed by atoms with Crippen molar-refractivity contribution in [2.75, 3.05) is 7.11 Å². The molecule has 0 fully saturated rings. The Hall–Kier alpha value is -1.81. The average molecular weight is 313 g/mol. The number of hydrogen-bond acceptors (Lipinski definition) is 2. The molecule has 2 rings (SSSR count). The highest BCUT2D eigenvalue weighted by Gasteiger charge is 2.11. The molecule has 2 aromatic rings. The largest absolute Gasteiger partial charge is 0.497 e. The maximum Gasteiger partial charge on any atom is 0.387 e. The highest BCUT2D eigenvalue weighted by atomic mass is 35.5. The van der Waals surface area contributed by atoms with Crippen molar-refractivity contribution in [2.24, 2.45) is 0 Å². The first-order valence-corrected chi connectivity index (χ1v) is 6.84. The first kappa shape index (κ1) is 15.6. The molecule has 0 amide bonds. The van der Waals surface area contributed by atoms with Gasteiger partial charge in [-0.1, -0.05) is 24.3 Å². The molecule has 0 aliphatic rings. The van der Waals surface area contributed by atoms with Gasteiger partial charge in [-0.25, -0.2) is 0 Å². The molecular formula is C16H15ClF2O2. The molecule has 0 aromatic heterocycles. The summed E-state index contributed by atoms with van der Waals surface area (Å²) in [5.41, 5.74) is 1.78. The van der Waals surface area contributed by atoms with Gasteiger partial charge >= 0.3 is 6.61 Å². The molecule has 0 heterocycles. The monoisotopic (exact) mass is 312 g/mol. The molecule has 0 N–H and O–H groups in total. The zero-order valence-electron chi connectivity index (χ0n) is 11.4. The highest BCUT2D eigenvalue weighted by molar-refractivity contribution is 6.20. The van der Waals surface area contributed by atoms with Crippen molar-refractivity contribution >= 4 is 11.6 Å². The molecule has 5 heteroatoms. The van der Waals surface area contributed by atoms with E-state index in [0.717, 1.165) is 16.9 Å². The summed E-state index contributed by atoms with van der Waals surface area (Å²) < 4.78 is 33.9. The van der Waals surface area contributed by atoms with Crippen molar-refractivity contribution in [1.82, 2.24) is 0 Å². The second-order valence-corrected chi connectivity index (χ2v) is 5.00. The molecule has 112 valence electrons. The maximum atomic E-state index is 12.2. The third kappa shape index (κ3) is 4.60. The fourth-order valence-electron chi connectivity index (χ4n) is 1.97. The summed E-state index contributed by atoms with van der Waals surface area (Å²) in [5.74, 6) is 0.889. The third-order valence-corrected chi connectivity index (χ3v) is 3.43. The van der Waals surface area contributed by atoms with Crippen LogP contribution in [0.4, 0.5) is 8.78 Å². The Morgan fingerprint density at radius 1 is 1.05 bits per heavy atom. The van der Waals surface area contributed by atoms with E-state index in [2.05, 4.69) is 4.74 Å². The predicted molar refractivity (Wildman–Crippen MR) is 78.4 cm³/mol. The van der Waals surface area contributed by atoms with Gasteiger partial charge in [0.25, 0.3) is 0 Å². The minimum absolute atomic E-state index is 0.114. The van der Waals surface area contributed by atoms with Crippen LogP contribution in [0.5, 0.6) is 11.5 Å². The first-order chi connectivity index (χ1) is 10.1. The molecule has 1 atom stereocenters. The van der Waals surface area contributed by atoms with Crippen molar-refractivity contribution < 1.29 is 18.3 Å². The van der Waals surface area contributed by atoms with Crippen LogP contribution in [0.15, 0.2) is 48.5 Å². The normalized spacial score (nSPS) is 12.2. The van der Waals surface area contributed by atoms with E-state index in [1.807, 2.05) is 24.3 Å². The molecule has 21 heavy (non-hydrogen) atoms. The Kier molecular flexibility index (Phi) is 5.39. The third-order valence-electron chi connectivity index (χ3n) is 3.02. The molecule has 1 unspecified atom stereocenters. The highest BCUT2D eigenvalue weighted by Crippen LogP contribution is 2.28. The molecule has 0 aliphatic heterocycles. The second kappa shape index (κ2) is 7.27. The van der Waals surface area contributed by atoms with E-state index < -0.39 is 6.61 Å². The number of ether oxygens (including phenoxy) is 2. The van der Waals surface area contributed by atoms with E-state index in [1.54, 1.807) is 19.2 Å². The van der Waals surface area contributed by atoms with Crippen LogP contribution in [-0.2, 0) is 6.42 Å². The van der Waals surface area contributed by atoms with Gasteiger partial charge < -0.3 is 9.47 Å². The van der Waals surface area contributed by atoms with E-state index in [4.69, 9.17) is 16.3 Å². The minimum Gasteiger partial charge on any atom is -0.497 e. The van der Waals surface area contributed by atoms with Crippen molar-refractivity contribution in [3.63, 3.8) is 0 Å². The Labute approximate surface area is 127 Å². The van der Waals surface area contributed by atoms with Crippen LogP contribution in [0.3, 0.4) is 0 Å². The van der Waals surface area contributed by atoms with Crippen LogP contribution < -0.4 is 9.47 Å².